The minimum absolute atomic E-state index is 0.161. The van der Waals surface area contributed by atoms with Crippen molar-refractivity contribution in [2.45, 2.75) is 48.3 Å². The van der Waals surface area contributed by atoms with Gasteiger partial charge in [0.05, 0.1) is 0 Å². The van der Waals surface area contributed by atoms with Gasteiger partial charge in [0.1, 0.15) is 5.25 Å². The molecular formula is C15H19NOS. The van der Waals surface area contributed by atoms with Crippen LogP contribution in [-0.4, -0.2) is 28.6 Å². The Morgan fingerprint density at radius 1 is 1.06 bits per heavy atom. The van der Waals surface area contributed by atoms with Crippen LogP contribution in [0.1, 0.15) is 32.1 Å². The summed E-state index contributed by atoms with van der Waals surface area (Å²) in [6.07, 6.45) is 6.37. The van der Waals surface area contributed by atoms with Gasteiger partial charge in [-0.05, 0) is 25.0 Å². The van der Waals surface area contributed by atoms with Crippen molar-refractivity contribution in [3.63, 3.8) is 0 Å². The van der Waals surface area contributed by atoms with Gasteiger partial charge in [0.25, 0.3) is 0 Å². The highest BCUT2D eigenvalue weighted by Crippen LogP contribution is 2.34. The predicted molar refractivity (Wildman–Crippen MR) is 74.7 cm³/mol. The second-order valence-corrected chi connectivity index (χ2v) is 6.48. The van der Waals surface area contributed by atoms with Gasteiger partial charge >= 0.3 is 0 Å². The van der Waals surface area contributed by atoms with Crippen LogP contribution in [0.25, 0.3) is 0 Å². The van der Waals surface area contributed by atoms with Crippen molar-refractivity contribution in [1.29, 1.82) is 0 Å². The number of hydrogen-bond donors (Lipinski definition) is 0. The molecule has 0 aromatic heterocycles. The summed E-state index contributed by atoms with van der Waals surface area (Å²) in [5, 5.41) is 0.161. The van der Waals surface area contributed by atoms with E-state index in [9.17, 15) is 4.79 Å². The predicted octanol–water partition coefficient (Wildman–Crippen LogP) is 3.32. The van der Waals surface area contributed by atoms with Crippen LogP contribution in [0, 0.1) is 0 Å². The summed E-state index contributed by atoms with van der Waals surface area (Å²) in [4.78, 5) is 15.5. The zero-order valence-corrected chi connectivity index (χ0v) is 11.4. The molecule has 0 radical (unpaired) electrons. The highest BCUT2D eigenvalue weighted by atomic mass is 32.2. The van der Waals surface area contributed by atoms with Gasteiger partial charge in [-0.25, -0.2) is 0 Å². The Morgan fingerprint density at radius 2 is 1.78 bits per heavy atom. The van der Waals surface area contributed by atoms with Gasteiger partial charge in [-0.1, -0.05) is 37.5 Å². The molecule has 2 fully saturated rings. The molecule has 18 heavy (non-hydrogen) atoms. The molecule has 0 bridgehead atoms. The summed E-state index contributed by atoms with van der Waals surface area (Å²) < 4.78 is 0. The molecule has 2 nitrogen and oxygen atoms in total. The molecule has 1 aromatic rings. The van der Waals surface area contributed by atoms with Crippen molar-refractivity contribution in [3.05, 3.63) is 30.3 Å². The average Bonchev–Trinajstić information content (AvgIpc) is 2.44. The molecule has 1 atom stereocenters. The number of hydrogen-bond acceptors (Lipinski definition) is 2. The van der Waals surface area contributed by atoms with Gasteiger partial charge in [0.2, 0.25) is 5.91 Å². The van der Waals surface area contributed by atoms with Gasteiger partial charge in [-0.2, -0.15) is 0 Å². The molecule has 1 aliphatic carbocycles. The normalized spacial score (nSPS) is 25.0. The van der Waals surface area contributed by atoms with Crippen LogP contribution in [0.4, 0.5) is 0 Å². The lowest BCUT2D eigenvalue weighted by Crippen LogP contribution is -2.59. The summed E-state index contributed by atoms with van der Waals surface area (Å²) in [6.45, 7) is 0.947. The Kier molecular flexibility index (Phi) is 3.59. The zero-order valence-electron chi connectivity index (χ0n) is 10.5. The quantitative estimate of drug-likeness (QED) is 0.778. The largest absolute Gasteiger partial charge is 0.337 e. The molecule has 3 rings (SSSR count). The summed E-state index contributed by atoms with van der Waals surface area (Å²) >= 11 is 1.72. The molecule has 0 N–H and O–H groups in total. The molecule has 2 aliphatic rings. The fraction of sp³-hybridized carbons (Fsp3) is 0.533. The van der Waals surface area contributed by atoms with Crippen LogP contribution < -0.4 is 0 Å². The fourth-order valence-corrected chi connectivity index (χ4v) is 4.01. The molecule has 1 saturated heterocycles. The van der Waals surface area contributed by atoms with Gasteiger partial charge in [0.15, 0.2) is 0 Å². The highest BCUT2D eigenvalue weighted by Gasteiger charge is 2.41. The van der Waals surface area contributed by atoms with Crippen molar-refractivity contribution in [2.75, 3.05) is 6.54 Å². The second kappa shape index (κ2) is 5.35. The first kappa shape index (κ1) is 12.1. The molecule has 96 valence electrons. The van der Waals surface area contributed by atoms with Crippen LogP contribution in [0.5, 0.6) is 0 Å². The molecular weight excluding hydrogens is 242 g/mol. The number of thioether (sulfide) groups is 1. The summed E-state index contributed by atoms with van der Waals surface area (Å²) in [5.74, 6) is 0.357. The van der Waals surface area contributed by atoms with Crippen molar-refractivity contribution in [1.82, 2.24) is 4.90 Å². The van der Waals surface area contributed by atoms with E-state index in [0.717, 1.165) is 6.54 Å². The van der Waals surface area contributed by atoms with E-state index in [4.69, 9.17) is 0 Å². The first-order valence-electron chi connectivity index (χ1n) is 6.87. The fourth-order valence-electron chi connectivity index (χ4n) is 2.89. The number of β-lactam (4-membered cyclic amide) rings is 1. The topological polar surface area (TPSA) is 20.3 Å². The van der Waals surface area contributed by atoms with Crippen molar-refractivity contribution < 1.29 is 4.79 Å². The molecule has 0 spiro atoms. The van der Waals surface area contributed by atoms with Gasteiger partial charge < -0.3 is 4.90 Å². The minimum atomic E-state index is 0.161. The van der Waals surface area contributed by atoms with Gasteiger partial charge in [0, 0.05) is 17.5 Å². The van der Waals surface area contributed by atoms with Crippen molar-refractivity contribution in [2.24, 2.45) is 0 Å². The van der Waals surface area contributed by atoms with Crippen molar-refractivity contribution >= 4 is 17.7 Å². The number of benzene rings is 1. The number of carbonyl (C=O) groups excluding carboxylic acids is 1. The Labute approximate surface area is 113 Å². The first-order valence-corrected chi connectivity index (χ1v) is 7.75. The van der Waals surface area contributed by atoms with E-state index in [-0.39, 0.29) is 5.25 Å². The summed E-state index contributed by atoms with van der Waals surface area (Å²) in [5.41, 5.74) is 0. The van der Waals surface area contributed by atoms with E-state index in [1.807, 2.05) is 18.2 Å². The Hall–Kier alpha value is -0.960. The number of carbonyl (C=O) groups is 1. The zero-order chi connectivity index (χ0) is 12.4. The number of nitrogens with zero attached hydrogens (tertiary/aromatic N) is 1. The van der Waals surface area contributed by atoms with E-state index < -0.39 is 0 Å². The average molecular weight is 261 g/mol. The second-order valence-electron chi connectivity index (χ2n) is 5.20. The van der Waals surface area contributed by atoms with E-state index in [2.05, 4.69) is 17.0 Å². The van der Waals surface area contributed by atoms with Crippen LogP contribution in [-0.2, 0) is 4.79 Å². The van der Waals surface area contributed by atoms with Gasteiger partial charge in [-0.3, -0.25) is 4.79 Å². The number of amides is 1. The highest BCUT2D eigenvalue weighted by molar-refractivity contribution is 8.00. The maximum Gasteiger partial charge on any atom is 0.238 e. The Bertz CT molecular complexity index is 414. The summed E-state index contributed by atoms with van der Waals surface area (Å²) in [7, 11) is 0. The van der Waals surface area contributed by atoms with E-state index in [0.29, 0.717) is 11.9 Å². The van der Waals surface area contributed by atoms with E-state index in [1.165, 1.54) is 37.0 Å². The van der Waals surface area contributed by atoms with Crippen LogP contribution in [0.15, 0.2) is 35.2 Å². The minimum Gasteiger partial charge on any atom is -0.337 e. The lowest BCUT2D eigenvalue weighted by atomic mass is 9.92. The molecule has 1 heterocycles. The molecule has 1 amide bonds. The lowest BCUT2D eigenvalue weighted by Gasteiger charge is -2.44. The molecule has 3 heteroatoms. The SMILES string of the molecule is O=C1C(Sc2ccccc2)CN1C1CCCCC1. The molecule has 1 aliphatic heterocycles. The van der Waals surface area contributed by atoms with E-state index >= 15 is 0 Å². The van der Waals surface area contributed by atoms with Crippen LogP contribution >= 0.6 is 11.8 Å². The third-order valence-corrected chi connectivity index (χ3v) is 5.14. The van der Waals surface area contributed by atoms with Crippen LogP contribution in [0.3, 0.4) is 0 Å². The van der Waals surface area contributed by atoms with Crippen LogP contribution in [0.2, 0.25) is 0 Å². The summed E-state index contributed by atoms with van der Waals surface area (Å²) in [6, 6.07) is 10.8. The van der Waals surface area contributed by atoms with E-state index in [1.54, 1.807) is 11.8 Å². The standard InChI is InChI=1S/C15H19NOS/c17-15-14(18-13-9-5-2-6-10-13)11-16(15)12-7-3-1-4-8-12/h2,5-6,9-10,12,14H,1,3-4,7-8,11H2. The Balaban J connectivity index is 1.55. The third-order valence-electron chi connectivity index (χ3n) is 3.96. The molecule has 1 unspecified atom stereocenters. The van der Waals surface area contributed by atoms with Gasteiger partial charge in [-0.15, -0.1) is 11.8 Å². The maximum atomic E-state index is 12.2. The smallest absolute Gasteiger partial charge is 0.238 e. The third kappa shape index (κ3) is 2.41. The maximum absolute atomic E-state index is 12.2. The first-order chi connectivity index (χ1) is 8.84. The Morgan fingerprint density at radius 3 is 2.44 bits per heavy atom. The number of rotatable bonds is 3. The monoisotopic (exact) mass is 261 g/mol. The number of likely N-dealkylation sites (tertiary alicyclic amines) is 1. The lowest BCUT2D eigenvalue weighted by molar-refractivity contribution is -0.142. The molecule has 1 aromatic carbocycles. The molecule has 1 saturated carbocycles. The van der Waals surface area contributed by atoms with Crippen molar-refractivity contribution in [3.8, 4) is 0 Å².